The molecule has 4 heterocycles. The Bertz CT molecular complexity index is 1900. The number of ketones is 1. The lowest BCUT2D eigenvalue weighted by molar-refractivity contribution is -0.123. The molecule has 44 heavy (non-hydrogen) atoms. The van der Waals surface area contributed by atoms with Crippen molar-refractivity contribution < 1.29 is 23.8 Å². The summed E-state index contributed by atoms with van der Waals surface area (Å²) in [4.78, 5) is 43.4. The van der Waals surface area contributed by atoms with Crippen LogP contribution in [-0.4, -0.2) is 43.3 Å². The van der Waals surface area contributed by atoms with Gasteiger partial charge < -0.3 is 20.9 Å². The zero-order valence-corrected chi connectivity index (χ0v) is 24.0. The minimum Gasteiger partial charge on any atom is -0.489 e. The van der Waals surface area contributed by atoms with Crippen LogP contribution in [0, 0.1) is 5.82 Å². The zero-order chi connectivity index (χ0) is 31.1. The van der Waals surface area contributed by atoms with E-state index in [4.69, 9.17) is 15.5 Å². The highest BCUT2D eigenvalue weighted by Crippen LogP contribution is 2.46. The van der Waals surface area contributed by atoms with Gasteiger partial charge >= 0.3 is 0 Å². The Balaban J connectivity index is 1.32. The Morgan fingerprint density at radius 2 is 1.91 bits per heavy atom. The van der Waals surface area contributed by atoms with E-state index in [0.717, 1.165) is 5.39 Å². The molecule has 1 aliphatic rings. The molecule has 0 unspecified atom stereocenters. The Morgan fingerprint density at radius 3 is 2.64 bits per heavy atom. The predicted molar refractivity (Wildman–Crippen MR) is 162 cm³/mol. The van der Waals surface area contributed by atoms with Crippen LogP contribution >= 0.6 is 0 Å². The molecular weight excluding hydrogens is 563 g/mol. The number of anilines is 2. The van der Waals surface area contributed by atoms with Crippen LogP contribution in [0.4, 0.5) is 15.9 Å². The van der Waals surface area contributed by atoms with Crippen molar-refractivity contribution >= 4 is 34.1 Å². The van der Waals surface area contributed by atoms with E-state index >= 15 is 0 Å². The van der Waals surface area contributed by atoms with Crippen LogP contribution in [0.3, 0.4) is 0 Å². The van der Waals surface area contributed by atoms with Gasteiger partial charge in [-0.15, -0.1) is 0 Å². The first kappa shape index (κ1) is 28.8. The van der Waals surface area contributed by atoms with E-state index < -0.39 is 22.7 Å². The molecule has 1 amide bonds. The molecular formula is C33H29FN6O4. The first-order valence-electron chi connectivity index (χ1n) is 14.0. The number of amides is 1. The number of primary amides is 1. The van der Waals surface area contributed by atoms with Crippen LogP contribution in [0.15, 0.2) is 79.4 Å². The maximum atomic E-state index is 13.7. The van der Waals surface area contributed by atoms with Gasteiger partial charge in [0.15, 0.2) is 5.78 Å². The van der Waals surface area contributed by atoms with Crippen LogP contribution < -0.4 is 15.8 Å². The highest BCUT2D eigenvalue weighted by molar-refractivity contribution is 6.03. The summed E-state index contributed by atoms with van der Waals surface area (Å²) in [5, 5.41) is 15.7. The third-order valence-electron chi connectivity index (χ3n) is 8.00. The number of aromatic nitrogens is 4. The fourth-order valence-corrected chi connectivity index (χ4v) is 5.25. The second kappa shape index (κ2) is 11.1. The smallest absolute Gasteiger partial charge is 0.231 e. The van der Waals surface area contributed by atoms with Gasteiger partial charge in [0.2, 0.25) is 5.91 Å². The van der Waals surface area contributed by atoms with Crippen molar-refractivity contribution in [2.24, 2.45) is 5.73 Å². The first-order chi connectivity index (χ1) is 21.0. The van der Waals surface area contributed by atoms with Gasteiger partial charge in [0.25, 0.3) is 0 Å². The number of Topliss-reactive ketones (excluding diaryl/α,β-unsaturated/α-hetero) is 1. The Morgan fingerprint density at radius 1 is 1.11 bits per heavy atom. The number of pyridine rings is 2. The van der Waals surface area contributed by atoms with Gasteiger partial charge in [-0.05, 0) is 74.9 Å². The number of carbonyl (C=O) groups excluding carboxylic acids is 2. The topological polar surface area (TPSA) is 153 Å². The number of ether oxygens (including phenoxy) is 1. The van der Waals surface area contributed by atoms with E-state index in [9.17, 15) is 19.1 Å². The molecule has 0 spiro atoms. The van der Waals surface area contributed by atoms with Crippen molar-refractivity contribution in [3.05, 3.63) is 102 Å². The molecule has 4 N–H and O–H groups in total. The number of aliphatic hydroxyl groups is 1. The number of benzene rings is 2. The summed E-state index contributed by atoms with van der Waals surface area (Å²) in [6, 6.07) is 16.1. The van der Waals surface area contributed by atoms with Crippen molar-refractivity contribution in [2.75, 3.05) is 11.9 Å². The summed E-state index contributed by atoms with van der Waals surface area (Å²) in [6.45, 7) is 3.23. The normalized spacial score (nSPS) is 17.0. The van der Waals surface area contributed by atoms with E-state index in [-0.39, 0.29) is 30.9 Å². The Labute approximate surface area is 252 Å². The van der Waals surface area contributed by atoms with Crippen LogP contribution in [0.2, 0.25) is 0 Å². The third kappa shape index (κ3) is 5.33. The lowest BCUT2D eigenvalue weighted by Crippen LogP contribution is -2.40. The van der Waals surface area contributed by atoms with Gasteiger partial charge in [-0.2, -0.15) is 0 Å². The minimum absolute atomic E-state index is 0.000172. The number of hydrogen-bond acceptors (Lipinski definition) is 9. The van der Waals surface area contributed by atoms with Gasteiger partial charge in [0.1, 0.15) is 47.0 Å². The molecule has 2 aromatic carbocycles. The molecule has 0 aliphatic carbocycles. The lowest BCUT2D eigenvalue weighted by atomic mass is 9.81. The maximum absolute atomic E-state index is 13.7. The van der Waals surface area contributed by atoms with E-state index in [0.29, 0.717) is 45.2 Å². The number of carbonyl (C=O) groups is 2. The van der Waals surface area contributed by atoms with Crippen molar-refractivity contribution in [2.45, 2.75) is 37.7 Å². The molecule has 6 rings (SSSR count). The number of nitrogens with zero attached hydrogens (tertiary/aromatic N) is 4. The summed E-state index contributed by atoms with van der Waals surface area (Å²) in [6.07, 6.45) is 4.70. The van der Waals surface area contributed by atoms with Crippen molar-refractivity contribution in [3.63, 3.8) is 0 Å². The van der Waals surface area contributed by atoms with Crippen molar-refractivity contribution in [1.82, 2.24) is 19.9 Å². The van der Waals surface area contributed by atoms with Crippen LogP contribution in [0.5, 0.6) is 5.75 Å². The molecule has 0 saturated heterocycles. The summed E-state index contributed by atoms with van der Waals surface area (Å²) in [5.41, 5.74) is 6.31. The third-order valence-corrected chi connectivity index (χ3v) is 8.00. The summed E-state index contributed by atoms with van der Waals surface area (Å²) in [7, 11) is 0. The maximum Gasteiger partial charge on any atom is 0.231 e. The average molecular weight is 593 g/mol. The lowest BCUT2D eigenvalue weighted by Gasteiger charge is -2.26. The number of rotatable bonds is 9. The number of nitrogens with one attached hydrogen (secondary N) is 1. The quantitative estimate of drug-likeness (QED) is 0.201. The molecule has 0 fully saturated rings. The summed E-state index contributed by atoms with van der Waals surface area (Å²) >= 11 is 0. The minimum atomic E-state index is -1.58. The van der Waals surface area contributed by atoms with Gasteiger partial charge in [0.05, 0.1) is 16.9 Å². The van der Waals surface area contributed by atoms with E-state index in [1.54, 1.807) is 68.7 Å². The zero-order valence-electron chi connectivity index (χ0n) is 24.0. The van der Waals surface area contributed by atoms with Gasteiger partial charge in [-0.25, -0.2) is 19.3 Å². The van der Waals surface area contributed by atoms with Gasteiger partial charge in [0, 0.05) is 40.9 Å². The largest absolute Gasteiger partial charge is 0.489 e. The van der Waals surface area contributed by atoms with Crippen LogP contribution in [0.1, 0.15) is 48.3 Å². The Kier molecular flexibility index (Phi) is 7.26. The highest BCUT2D eigenvalue weighted by Gasteiger charge is 2.45. The SMILES string of the molecule is C[C@](O)(CCC(=O)c1cc(Nc2ccncn2)c2ncccc2c1)c1cc2c(c(-c3ccc(F)cc3)n1)OC[C@]2(C)C(N)=O. The van der Waals surface area contributed by atoms with E-state index in [1.807, 2.05) is 6.07 Å². The molecule has 0 bridgehead atoms. The second-order valence-electron chi connectivity index (χ2n) is 11.2. The van der Waals surface area contributed by atoms with Gasteiger partial charge in [-0.1, -0.05) is 6.07 Å². The molecule has 1 aliphatic heterocycles. The highest BCUT2D eigenvalue weighted by atomic mass is 19.1. The summed E-state index contributed by atoms with van der Waals surface area (Å²) in [5.74, 6) is -0.319. The van der Waals surface area contributed by atoms with Crippen LogP contribution in [0.25, 0.3) is 22.2 Å². The number of hydrogen-bond donors (Lipinski definition) is 3. The Hall–Kier alpha value is -5.29. The average Bonchev–Trinajstić information content (AvgIpc) is 3.38. The second-order valence-corrected chi connectivity index (χ2v) is 11.2. The van der Waals surface area contributed by atoms with E-state index in [1.165, 1.54) is 18.5 Å². The fourth-order valence-electron chi connectivity index (χ4n) is 5.25. The molecule has 222 valence electrons. The number of nitrogens with two attached hydrogens (primary N) is 1. The predicted octanol–water partition coefficient (Wildman–Crippen LogP) is 4.98. The number of halogens is 1. The molecule has 10 nitrogen and oxygen atoms in total. The standard InChI is InChI=1S/C33H29FN6O4/c1-32(31(35)42)17-44-30-23(32)16-26(40-29(30)19-5-7-22(34)8-6-19)33(2,43)11-9-25(41)21-14-20-4-3-12-37-28(20)24(15-21)39-27-10-13-36-18-38-27/h3-8,10,12-16,18,43H,9,11,17H2,1-2H3,(H2,35,42)(H,36,38,39)/t32-,33-/m0/s1. The molecule has 5 aromatic rings. The number of fused-ring (bicyclic) bond motifs is 2. The van der Waals surface area contributed by atoms with E-state index in [2.05, 4.69) is 20.3 Å². The molecule has 2 atom stereocenters. The van der Waals surface area contributed by atoms with Crippen molar-refractivity contribution in [3.8, 4) is 17.0 Å². The van der Waals surface area contributed by atoms with Gasteiger partial charge in [-0.3, -0.25) is 14.6 Å². The fraction of sp³-hybridized carbons (Fsp3) is 0.212. The molecule has 0 saturated carbocycles. The molecule has 11 heteroatoms. The van der Waals surface area contributed by atoms with Crippen molar-refractivity contribution in [1.29, 1.82) is 0 Å². The van der Waals surface area contributed by atoms with Crippen LogP contribution in [-0.2, 0) is 15.8 Å². The summed E-state index contributed by atoms with van der Waals surface area (Å²) < 4.78 is 19.6. The molecule has 0 radical (unpaired) electrons. The monoisotopic (exact) mass is 592 g/mol. The molecule has 3 aromatic heterocycles. The first-order valence-corrected chi connectivity index (χ1v) is 14.0.